The predicted octanol–water partition coefficient (Wildman–Crippen LogP) is 11.0. The van der Waals surface area contributed by atoms with Crippen molar-refractivity contribution in [3.05, 3.63) is 161 Å². The summed E-state index contributed by atoms with van der Waals surface area (Å²) in [5.74, 6) is 0.914. The van der Waals surface area contributed by atoms with Gasteiger partial charge in [0, 0.05) is 21.9 Å². The quantitative estimate of drug-likeness (QED) is 0.204. The van der Waals surface area contributed by atoms with Crippen LogP contribution in [0.25, 0.3) is 54.2 Å². The van der Waals surface area contributed by atoms with Crippen molar-refractivity contribution in [3.63, 3.8) is 0 Å². The third kappa shape index (κ3) is 3.42. The molecule has 1 aliphatic carbocycles. The molecule has 2 aliphatic rings. The topological polar surface area (TPSA) is 24.4 Å². The fraction of sp³-hybridized carbons (Fsp3) is 0.0930. The Hall–Kier alpha value is -5.47. The van der Waals surface area contributed by atoms with E-state index in [0.29, 0.717) is 0 Å². The van der Waals surface area contributed by atoms with Gasteiger partial charge in [0.1, 0.15) is 11.9 Å². The number of hydrogen-bond donors (Lipinski definition) is 1. The Kier molecular flexibility index (Phi) is 4.87. The fourth-order valence-corrected chi connectivity index (χ4v) is 8.19. The lowest BCUT2D eigenvalue weighted by molar-refractivity contribution is 0.658. The van der Waals surface area contributed by atoms with Crippen LogP contribution in [0.2, 0.25) is 0 Å². The van der Waals surface area contributed by atoms with Crippen molar-refractivity contribution in [2.24, 2.45) is 4.99 Å². The molecule has 2 nitrogen and oxygen atoms in total. The van der Waals surface area contributed by atoms with E-state index >= 15 is 0 Å². The smallest absolute Gasteiger partial charge is 0.133 e. The van der Waals surface area contributed by atoms with Gasteiger partial charge in [-0.25, -0.2) is 0 Å². The van der Waals surface area contributed by atoms with Crippen molar-refractivity contribution >= 4 is 54.6 Å². The predicted molar refractivity (Wildman–Crippen MR) is 190 cm³/mol. The van der Waals surface area contributed by atoms with Crippen LogP contribution in [0.3, 0.4) is 0 Å². The molecule has 1 unspecified atom stereocenters. The lowest BCUT2D eigenvalue weighted by Gasteiger charge is -2.29. The van der Waals surface area contributed by atoms with Gasteiger partial charge in [0.15, 0.2) is 0 Å². The summed E-state index contributed by atoms with van der Waals surface area (Å²) in [6, 6.07) is 49.2. The summed E-state index contributed by atoms with van der Waals surface area (Å²) in [6.07, 6.45) is 0. The molecule has 45 heavy (non-hydrogen) atoms. The molecule has 8 aromatic rings. The van der Waals surface area contributed by atoms with Crippen molar-refractivity contribution in [2.45, 2.75) is 25.3 Å². The number of nitrogens with zero attached hydrogens (tertiary/aromatic N) is 1. The molecule has 1 N–H and O–H groups in total. The first kappa shape index (κ1) is 24.9. The number of nitrogens with one attached hydrogen (secondary N) is 1. The second-order valence-electron chi connectivity index (χ2n) is 13.2. The molecule has 0 radical (unpaired) electrons. The molecule has 1 heterocycles. The van der Waals surface area contributed by atoms with Gasteiger partial charge in [-0.3, -0.25) is 4.99 Å². The molecule has 0 saturated carbocycles. The summed E-state index contributed by atoms with van der Waals surface area (Å²) in [6.45, 7) is 4.70. The van der Waals surface area contributed by atoms with E-state index in [1.165, 1.54) is 76.5 Å². The highest BCUT2D eigenvalue weighted by Gasteiger charge is 2.36. The minimum Gasteiger partial charge on any atom is -0.339 e. The summed E-state index contributed by atoms with van der Waals surface area (Å²) in [7, 11) is 0. The maximum Gasteiger partial charge on any atom is 0.133 e. The van der Waals surface area contributed by atoms with Crippen LogP contribution >= 0.6 is 0 Å². The number of anilines is 1. The Bertz CT molecular complexity index is 2490. The standard InChI is InChI=1S/C43H30N2/c1-43(2)36-13-6-5-12-33(36)34-20-19-30(24-37(34)43)40-35-21-18-25-8-3-4-11-32(25)41(35)45-42(44-40)31-22-28-16-14-26-9-7-10-27-15-17-29(23-31)39(28)38(26)27/h3-24,40H,1-2H3,(H,44,45). The summed E-state index contributed by atoms with van der Waals surface area (Å²) < 4.78 is 0. The van der Waals surface area contributed by atoms with E-state index in [-0.39, 0.29) is 11.5 Å². The molecule has 0 spiro atoms. The van der Waals surface area contributed by atoms with Crippen LogP contribution in [-0.4, -0.2) is 5.84 Å². The number of rotatable bonds is 2. The zero-order valence-corrected chi connectivity index (χ0v) is 25.2. The Balaban J connectivity index is 1.20. The van der Waals surface area contributed by atoms with E-state index in [2.05, 4.69) is 153 Å². The average Bonchev–Trinajstić information content (AvgIpc) is 3.32. The largest absolute Gasteiger partial charge is 0.339 e. The highest BCUT2D eigenvalue weighted by Crippen LogP contribution is 2.50. The molecule has 0 fully saturated rings. The van der Waals surface area contributed by atoms with E-state index in [4.69, 9.17) is 4.99 Å². The summed E-state index contributed by atoms with van der Waals surface area (Å²) in [5, 5.41) is 14.0. The van der Waals surface area contributed by atoms with Gasteiger partial charge in [-0.05, 0) is 77.7 Å². The molecule has 0 bridgehead atoms. The monoisotopic (exact) mass is 574 g/mol. The normalized spacial score (nSPS) is 16.5. The molecule has 0 amide bonds. The molecule has 212 valence electrons. The SMILES string of the molecule is CC1(C)c2ccccc2-c2ccc(C3N=C(c4cc5ccc6cccc7ccc(c4)c5c67)Nc4c3ccc3ccccc43)cc21. The molecule has 1 aliphatic heterocycles. The molecule has 0 aromatic heterocycles. The first-order valence-electron chi connectivity index (χ1n) is 15.8. The summed E-state index contributed by atoms with van der Waals surface area (Å²) >= 11 is 0. The third-order valence-electron chi connectivity index (χ3n) is 10.4. The van der Waals surface area contributed by atoms with Crippen molar-refractivity contribution in [1.82, 2.24) is 0 Å². The number of fused-ring (bicyclic) bond motifs is 6. The Labute approximate surface area is 262 Å². The van der Waals surface area contributed by atoms with Crippen molar-refractivity contribution in [3.8, 4) is 11.1 Å². The number of hydrogen-bond acceptors (Lipinski definition) is 2. The van der Waals surface area contributed by atoms with Crippen molar-refractivity contribution in [1.29, 1.82) is 0 Å². The zero-order chi connectivity index (χ0) is 29.9. The average molecular weight is 575 g/mol. The van der Waals surface area contributed by atoms with Crippen LogP contribution in [0.5, 0.6) is 0 Å². The maximum absolute atomic E-state index is 5.53. The second-order valence-corrected chi connectivity index (χ2v) is 13.2. The van der Waals surface area contributed by atoms with Crippen LogP contribution in [0.4, 0.5) is 5.69 Å². The third-order valence-corrected chi connectivity index (χ3v) is 10.4. The van der Waals surface area contributed by atoms with Gasteiger partial charge in [-0.1, -0.05) is 135 Å². The summed E-state index contributed by atoms with van der Waals surface area (Å²) in [4.78, 5) is 5.53. The Morgan fingerprint density at radius 2 is 1.20 bits per heavy atom. The molecular formula is C43H30N2. The van der Waals surface area contributed by atoms with E-state index in [9.17, 15) is 0 Å². The van der Waals surface area contributed by atoms with Gasteiger partial charge in [-0.15, -0.1) is 0 Å². The Morgan fingerprint density at radius 1 is 0.556 bits per heavy atom. The van der Waals surface area contributed by atoms with Gasteiger partial charge in [0.2, 0.25) is 0 Å². The number of amidine groups is 1. The minimum absolute atomic E-state index is 0.0669. The zero-order valence-electron chi connectivity index (χ0n) is 25.2. The molecule has 2 heteroatoms. The van der Waals surface area contributed by atoms with Gasteiger partial charge >= 0.3 is 0 Å². The lowest BCUT2D eigenvalue weighted by Crippen LogP contribution is -2.23. The van der Waals surface area contributed by atoms with Gasteiger partial charge in [-0.2, -0.15) is 0 Å². The number of aliphatic imine (C=N–C) groups is 1. The van der Waals surface area contributed by atoms with Gasteiger partial charge in [0.25, 0.3) is 0 Å². The van der Waals surface area contributed by atoms with Crippen LogP contribution in [0, 0.1) is 0 Å². The molecular weight excluding hydrogens is 544 g/mol. The van der Waals surface area contributed by atoms with E-state index in [0.717, 1.165) is 17.1 Å². The molecule has 0 saturated heterocycles. The second kappa shape index (κ2) is 8.80. The van der Waals surface area contributed by atoms with E-state index in [1.54, 1.807) is 0 Å². The fourth-order valence-electron chi connectivity index (χ4n) is 8.19. The highest BCUT2D eigenvalue weighted by atomic mass is 15.0. The first-order valence-corrected chi connectivity index (χ1v) is 15.8. The van der Waals surface area contributed by atoms with Crippen molar-refractivity contribution < 1.29 is 0 Å². The minimum atomic E-state index is -0.128. The van der Waals surface area contributed by atoms with Crippen LogP contribution < -0.4 is 5.32 Å². The van der Waals surface area contributed by atoms with Crippen LogP contribution in [0.1, 0.15) is 47.7 Å². The van der Waals surface area contributed by atoms with Gasteiger partial charge < -0.3 is 5.32 Å². The number of benzene rings is 8. The maximum atomic E-state index is 5.53. The van der Waals surface area contributed by atoms with Crippen LogP contribution in [0.15, 0.2) is 138 Å². The van der Waals surface area contributed by atoms with Crippen molar-refractivity contribution in [2.75, 3.05) is 5.32 Å². The van der Waals surface area contributed by atoms with Crippen LogP contribution in [-0.2, 0) is 5.41 Å². The first-order chi connectivity index (χ1) is 22.0. The van der Waals surface area contributed by atoms with E-state index < -0.39 is 0 Å². The summed E-state index contributed by atoms with van der Waals surface area (Å²) in [5.41, 5.74) is 10.1. The van der Waals surface area contributed by atoms with Gasteiger partial charge in [0.05, 0.1) is 5.69 Å². The Morgan fingerprint density at radius 3 is 2.02 bits per heavy atom. The molecule has 8 aromatic carbocycles. The lowest BCUT2D eigenvalue weighted by atomic mass is 9.81. The highest BCUT2D eigenvalue weighted by molar-refractivity contribution is 6.25. The molecule has 10 rings (SSSR count). The molecule has 1 atom stereocenters. The van der Waals surface area contributed by atoms with E-state index in [1.807, 2.05) is 0 Å².